The lowest BCUT2D eigenvalue weighted by atomic mass is 10.1. The van der Waals surface area contributed by atoms with E-state index in [-0.39, 0.29) is 0 Å². The van der Waals surface area contributed by atoms with Crippen molar-refractivity contribution < 1.29 is 14.9 Å². The molecular weight excluding hydrogens is 204 g/mol. The monoisotopic (exact) mass is 232 g/mol. The minimum absolute atomic E-state index is 0.335. The van der Waals surface area contributed by atoms with Crippen LogP contribution in [0.5, 0.6) is 0 Å². The quantitative estimate of drug-likeness (QED) is 0.402. The van der Waals surface area contributed by atoms with Crippen LogP contribution < -0.4 is 0 Å². The minimum Gasteiger partial charge on any atom is -0.396 e. The van der Waals surface area contributed by atoms with Gasteiger partial charge in [-0.05, 0) is 19.3 Å². The maximum atomic E-state index is 9.14. The van der Waals surface area contributed by atoms with Crippen LogP contribution in [0.1, 0.15) is 64.2 Å². The summed E-state index contributed by atoms with van der Waals surface area (Å²) in [5.41, 5.74) is 0. The zero-order valence-electron chi connectivity index (χ0n) is 10.7. The number of methoxy groups -OCH3 is 1. The van der Waals surface area contributed by atoms with Crippen LogP contribution >= 0.6 is 0 Å². The fourth-order valence-electron chi connectivity index (χ4n) is 1.79. The molecule has 3 nitrogen and oxygen atoms in total. The fraction of sp³-hybridized carbons (Fsp3) is 1.00. The third kappa shape index (κ3) is 12.0. The molecule has 0 rings (SSSR count). The number of aliphatic hydroxyl groups is 2. The van der Waals surface area contributed by atoms with Gasteiger partial charge in [0.1, 0.15) is 0 Å². The van der Waals surface area contributed by atoms with Gasteiger partial charge in [-0.1, -0.05) is 44.9 Å². The molecule has 0 aliphatic rings. The molecule has 0 aromatic carbocycles. The van der Waals surface area contributed by atoms with E-state index >= 15 is 0 Å². The summed E-state index contributed by atoms with van der Waals surface area (Å²) in [4.78, 5) is 0. The van der Waals surface area contributed by atoms with Crippen LogP contribution in [0.25, 0.3) is 0 Å². The highest BCUT2D eigenvalue weighted by Gasteiger charge is 1.99. The Morgan fingerprint density at radius 2 is 1.25 bits per heavy atom. The van der Waals surface area contributed by atoms with Crippen LogP contribution in [0, 0.1) is 0 Å². The van der Waals surface area contributed by atoms with Gasteiger partial charge < -0.3 is 14.9 Å². The first kappa shape index (κ1) is 15.9. The summed E-state index contributed by atoms with van der Waals surface area (Å²) >= 11 is 0. The molecule has 0 spiro atoms. The Balaban J connectivity index is 2.93. The second-order valence-corrected chi connectivity index (χ2v) is 4.38. The van der Waals surface area contributed by atoms with Gasteiger partial charge in [0.05, 0.1) is 0 Å². The van der Waals surface area contributed by atoms with Crippen molar-refractivity contribution in [1.82, 2.24) is 0 Å². The third-order valence-corrected chi connectivity index (χ3v) is 2.88. The molecule has 0 fully saturated rings. The molecule has 0 bridgehead atoms. The molecule has 1 atom stereocenters. The molecule has 0 saturated carbocycles. The van der Waals surface area contributed by atoms with Crippen molar-refractivity contribution in [1.29, 1.82) is 0 Å². The van der Waals surface area contributed by atoms with Crippen LogP contribution in [0.2, 0.25) is 0 Å². The number of hydrogen-bond donors (Lipinski definition) is 2. The third-order valence-electron chi connectivity index (χ3n) is 2.88. The number of ether oxygens (including phenoxy) is 1. The molecular formula is C13H28O3. The van der Waals surface area contributed by atoms with E-state index in [4.69, 9.17) is 14.9 Å². The number of aliphatic hydroxyl groups excluding tert-OH is 2. The molecule has 0 heterocycles. The van der Waals surface area contributed by atoms with Crippen LogP contribution in [-0.2, 0) is 4.74 Å². The van der Waals surface area contributed by atoms with Gasteiger partial charge in [0, 0.05) is 13.7 Å². The largest absolute Gasteiger partial charge is 0.396 e. The lowest BCUT2D eigenvalue weighted by Gasteiger charge is -2.07. The van der Waals surface area contributed by atoms with Crippen molar-refractivity contribution >= 4 is 0 Å². The summed E-state index contributed by atoms with van der Waals surface area (Å²) in [6.45, 7) is 0.335. The lowest BCUT2D eigenvalue weighted by molar-refractivity contribution is -0.0793. The van der Waals surface area contributed by atoms with E-state index in [1.165, 1.54) is 45.6 Å². The Morgan fingerprint density at radius 1 is 0.812 bits per heavy atom. The van der Waals surface area contributed by atoms with Gasteiger partial charge in [0.15, 0.2) is 6.29 Å². The smallest absolute Gasteiger partial charge is 0.154 e. The first-order valence-electron chi connectivity index (χ1n) is 6.63. The molecule has 0 amide bonds. The molecule has 0 aliphatic carbocycles. The molecule has 1 unspecified atom stereocenters. The molecule has 2 N–H and O–H groups in total. The van der Waals surface area contributed by atoms with Crippen molar-refractivity contribution in [2.75, 3.05) is 13.7 Å². The number of rotatable bonds is 12. The molecule has 3 heteroatoms. The van der Waals surface area contributed by atoms with Gasteiger partial charge in [0.25, 0.3) is 0 Å². The summed E-state index contributed by atoms with van der Waals surface area (Å²) in [5.74, 6) is 0. The summed E-state index contributed by atoms with van der Waals surface area (Å²) in [5, 5.41) is 17.7. The normalized spacial score (nSPS) is 12.9. The van der Waals surface area contributed by atoms with Crippen LogP contribution in [-0.4, -0.2) is 30.2 Å². The van der Waals surface area contributed by atoms with Gasteiger partial charge in [-0.15, -0.1) is 0 Å². The van der Waals surface area contributed by atoms with E-state index in [0.717, 1.165) is 25.7 Å². The van der Waals surface area contributed by atoms with Crippen molar-refractivity contribution in [2.24, 2.45) is 0 Å². The number of hydrogen-bond acceptors (Lipinski definition) is 3. The SMILES string of the molecule is COC(O)CCCCCCCCCCCO. The summed E-state index contributed by atoms with van der Waals surface area (Å²) in [7, 11) is 1.54. The maximum Gasteiger partial charge on any atom is 0.154 e. The Labute approximate surface area is 99.8 Å². The van der Waals surface area contributed by atoms with Crippen molar-refractivity contribution in [3.8, 4) is 0 Å². The van der Waals surface area contributed by atoms with Crippen molar-refractivity contribution in [2.45, 2.75) is 70.5 Å². The van der Waals surface area contributed by atoms with E-state index in [1.54, 1.807) is 0 Å². The first-order chi connectivity index (χ1) is 7.81. The fourth-order valence-corrected chi connectivity index (χ4v) is 1.79. The Hall–Kier alpha value is -0.120. The second kappa shape index (κ2) is 12.9. The zero-order valence-corrected chi connectivity index (χ0v) is 10.7. The van der Waals surface area contributed by atoms with Crippen LogP contribution in [0.3, 0.4) is 0 Å². The summed E-state index contributed by atoms with van der Waals surface area (Å²) in [6, 6.07) is 0. The molecule has 16 heavy (non-hydrogen) atoms. The molecule has 0 aromatic heterocycles. The minimum atomic E-state index is -0.571. The van der Waals surface area contributed by atoms with E-state index < -0.39 is 6.29 Å². The highest BCUT2D eigenvalue weighted by molar-refractivity contribution is 4.48. The lowest BCUT2D eigenvalue weighted by Crippen LogP contribution is -2.07. The standard InChI is InChI=1S/C13H28O3/c1-16-13(15)11-9-7-5-3-2-4-6-8-10-12-14/h13-15H,2-12H2,1H3. The zero-order chi connectivity index (χ0) is 12.1. The number of unbranched alkanes of at least 4 members (excludes halogenated alkanes) is 8. The van der Waals surface area contributed by atoms with E-state index in [2.05, 4.69) is 0 Å². The second-order valence-electron chi connectivity index (χ2n) is 4.38. The van der Waals surface area contributed by atoms with Gasteiger partial charge in [0.2, 0.25) is 0 Å². The van der Waals surface area contributed by atoms with E-state index in [0.29, 0.717) is 6.61 Å². The Kier molecular flexibility index (Phi) is 12.9. The topological polar surface area (TPSA) is 49.7 Å². The first-order valence-corrected chi connectivity index (χ1v) is 6.63. The van der Waals surface area contributed by atoms with Crippen molar-refractivity contribution in [3.05, 3.63) is 0 Å². The van der Waals surface area contributed by atoms with Crippen LogP contribution in [0.15, 0.2) is 0 Å². The highest BCUT2D eigenvalue weighted by atomic mass is 16.6. The molecule has 0 saturated heterocycles. The molecule has 0 radical (unpaired) electrons. The maximum absolute atomic E-state index is 9.14. The summed E-state index contributed by atoms with van der Waals surface area (Å²) < 4.78 is 4.77. The molecule has 0 aliphatic heterocycles. The van der Waals surface area contributed by atoms with Gasteiger partial charge >= 0.3 is 0 Å². The summed E-state index contributed by atoms with van der Waals surface area (Å²) in [6.07, 6.45) is 11.0. The molecule has 98 valence electrons. The van der Waals surface area contributed by atoms with Crippen molar-refractivity contribution in [3.63, 3.8) is 0 Å². The van der Waals surface area contributed by atoms with Gasteiger partial charge in [-0.25, -0.2) is 0 Å². The average molecular weight is 232 g/mol. The highest BCUT2D eigenvalue weighted by Crippen LogP contribution is 2.11. The van der Waals surface area contributed by atoms with Crippen LogP contribution in [0.4, 0.5) is 0 Å². The van der Waals surface area contributed by atoms with E-state index in [9.17, 15) is 0 Å². The Morgan fingerprint density at radius 3 is 1.69 bits per heavy atom. The van der Waals surface area contributed by atoms with Gasteiger partial charge in [-0.2, -0.15) is 0 Å². The van der Waals surface area contributed by atoms with E-state index in [1.807, 2.05) is 0 Å². The predicted molar refractivity (Wildman–Crippen MR) is 66.3 cm³/mol. The average Bonchev–Trinajstić information content (AvgIpc) is 2.31. The predicted octanol–water partition coefficient (Wildman–Crippen LogP) is 2.84. The Bertz CT molecular complexity index is 128. The molecule has 0 aromatic rings. The van der Waals surface area contributed by atoms with Gasteiger partial charge in [-0.3, -0.25) is 0 Å².